The molecule has 2 atom stereocenters. The lowest BCUT2D eigenvalue weighted by molar-refractivity contribution is -0.142. The van der Waals surface area contributed by atoms with Crippen molar-refractivity contribution in [3.63, 3.8) is 0 Å². The highest BCUT2D eigenvalue weighted by Gasteiger charge is 2.31. The Bertz CT molecular complexity index is 504. The van der Waals surface area contributed by atoms with E-state index in [1.54, 1.807) is 4.90 Å². The fourth-order valence-corrected chi connectivity index (χ4v) is 3.02. The first-order valence-corrected chi connectivity index (χ1v) is 7.93. The van der Waals surface area contributed by atoms with Gasteiger partial charge in [-0.1, -0.05) is 43.7 Å². The summed E-state index contributed by atoms with van der Waals surface area (Å²) in [4.78, 5) is 25.2. The van der Waals surface area contributed by atoms with E-state index in [1.165, 1.54) is 0 Å². The van der Waals surface area contributed by atoms with Crippen LogP contribution in [0.5, 0.6) is 0 Å². The summed E-state index contributed by atoms with van der Waals surface area (Å²) in [7, 11) is 0. The van der Waals surface area contributed by atoms with Crippen LogP contribution >= 0.6 is 0 Å². The predicted molar refractivity (Wildman–Crippen MR) is 84.5 cm³/mol. The highest BCUT2D eigenvalue weighted by molar-refractivity contribution is 5.80. The van der Waals surface area contributed by atoms with Crippen LogP contribution in [-0.2, 0) is 9.59 Å². The standard InChI is InChI=1S/C17H24N2O3/c1-2-7-14(13-8-4-3-5-9-13)18-16(20)12-19-11-6-10-15(19)17(21)22/h3-5,8-9,14-15H,2,6-7,10-12H2,1H3,(H,18,20)(H,21,22)/t14?,15-/m1/s1. The fraction of sp³-hybridized carbons (Fsp3) is 0.529. The topological polar surface area (TPSA) is 69.6 Å². The molecule has 1 fully saturated rings. The molecule has 0 saturated carbocycles. The molecule has 1 heterocycles. The second-order valence-electron chi connectivity index (χ2n) is 5.79. The SMILES string of the molecule is CCCC(NC(=O)CN1CCC[C@@H]1C(=O)O)c1ccccc1. The fourth-order valence-electron chi connectivity index (χ4n) is 3.02. The highest BCUT2D eigenvalue weighted by Crippen LogP contribution is 2.19. The molecule has 1 amide bonds. The van der Waals surface area contributed by atoms with Gasteiger partial charge in [-0.2, -0.15) is 0 Å². The number of rotatable bonds is 7. The van der Waals surface area contributed by atoms with Crippen LogP contribution in [0.15, 0.2) is 30.3 Å². The monoisotopic (exact) mass is 304 g/mol. The maximum Gasteiger partial charge on any atom is 0.320 e. The Morgan fingerprint density at radius 1 is 1.36 bits per heavy atom. The van der Waals surface area contributed by atoms with Gasteiger partial charge in [0.15, 0.2) is 0 Å². The first-order valence-electron chi connectivity index (χ1n) is 7.93. The summed E-state index contributed by atoms with van der Waals surface area (Å²) in [6.45, 7) is 2.92. The van der Waals surface area contributed by atoms with Crippen LogP contribution in [0, 0.1) is 0 Å². The van der Waals surface area contributed by atoms with Crippen LogP contribution in [0.3, 0.4) is 0 Å². The average molecular weight is 304 g/mol. The Balaban J connectivity index is 1.95. The van der Waals surface area contributed by atoms with Gasteiger partial charge in [-0.25, -0.2) is 0 Å². The third-order valence-electron chi connectivity index (χ3n) is 4.11. The van der Waals surface area contributed by atoms with Gasteiger partial charge >= 0.3 is 5.97 Å². The van der Waals surface area contributed by atoms with Crippen LogP contribution in [0.1, 0.15) is 44.2 Å². The van der Waals surface area contributed by atoms with Gasteiger partial charge in [-0.05, 0) is 31.4 Å². The van der Waals surface area contributed by atoms with Gasteiger partial charge in [0.2, 0.25) is 5.91 Å². The van der Waals surface area contributed by atoms with E-state index in [4.69, 9.17) is 5.11 Å². The van der Waals surface area contributed by atoms with Crippen LogP contribution in [0.4, 0.5) is 0 Å². The number of hydrogen-bond donors (Lipinski definition) is 2. The van der Waals surface area contributed by atoms with E-state index in [1.807, 2.05) is 30.3 Å². The Morgan fingerprint density at radius 2 is 2.09 bits per heavy atom. The van der Waals surface area contributed by atoms with E-state index in [9.17, 15) is 9.59 Å². The van der Waals surface area contributed by atoms with Crippen molar-refractivity contribution in [2.45, 2.75) is 44.7 Å². The summed E-state index contributed by atoms with van der Waals surface area (Å²) in [5.74, 6) is -0.936. The Labute approximate surface area is 131 Å². The van der Waals surface area contributed by atoms with Crippen molar-refractivity contribution < 1.29 is 14.7 Å². The van der Waals surface area contributed by atoms with Crippen molar-refractivity contribution in [1.29, 1.82) is 0 Å². The van der Waals surface area contributed by atoms with E-state index >= 15 is 0 Å². The zero-order valence-corrected chi connectivity index (χ0v) is 13.0. The summed E-state index contributed by atoms with van der Waals surface area (Å²) in [5.41, 5.74) is 1.09. The minimum absolute atomic E-state index is 0.00965. The lowest BCUT2D eigenvalue weighted by atomic mass is 10.0. The molecule has 2 N–H and O–H groups in total. The van der Waals surface area contributed by atoms with Gasteiger partial charge in [0.05, 0.1) is 12.6 Å². The van der Waals surface area contributed by atoms with Crippen LogP contribution < -0.4 is 5.32 Å². The summed E-state index contributed by atoms with van der Waals surface area (Å²) >= 11 is 0. The maximum absolute atomic E-state index is 12.3. The molecule has 5 nitrogen and oxygen atoms in total. The van der Waals surface area contributed by atoms with Crippen molar-refractivity contribution in [3.8, 4) is 0 Å². The number of aliphatic carboxylic acids is 1. The first-order chi connectivity index (χ1) is 10.6. The van der Waals surface area contributed by atoms with Crippen LogP contribution in [0.25, 0.3) is 0 Å². The largest absolute Gasteiger partial charge is 0.480 e. The third kappa shape index (κ3) is 4.31. The molecule has 1 saturated heterocycles. The predicted octanol–water partition coefficient (Wildman–Crippen LogP) is 2.19. The molecule has 0 aliphatic carbocycles. The number of carbonyl (C=O) groups excluding carboxylic acids is 1. The van der Waals surface area contributed by atoms with Gasteiger partial charge < -0.3 is 10.4 Å². The van der Waals surface area contributed by atoms with E-state index in [0.717, 1.165) is 24.8 Å². The maximum atomic E-state index is 12.3. The molecule has 1 unspecified atom stereocenters. The van der Waals surface area contributed by atoms with E-state index in [0.29, 0.717) is 13.0 Å². The highest BCUT2D eigenvalue weighted by atomic mass is 16.4. The Morgan fingerprint density at radius 3 is 2.73 bits per heavy atom. The lowest BCUT2D eigenvalue weighted by Gasteiger charge is -2.23. The van der Waals surface area contributed by atoms with Gasteiger partial charge in [0.1, 0.15) is 6.04 Å². The third-order valence-corrected chi connectivity index (χ3v) is 4.11. The normalized spacial score (nSPS) is 19.8. The molecular formula is C17H24N2O3. The molecule has 0 radical (unpaired) electrons. The number of nitrogens with zero attached hydrogens (tertiary/aromatic N) is 1. The molecule has 1 aliphatic rings. The van der Waals surface area contributed by atoms with E-state index in [-0.39, 0.29) is 18.5 Å². The number of nitrogens with one attached hydrogen (secondary N) is 1. The van der Waals surface area contributed by atoms with Crippen molar-refractivity contribution in [2.75, 3.05) is 13.1 Å². The quantitative estimate of drug-likeness (QED) is 0.810. The molecule has 5 heteroatoms. The number of likely N-dealkylation sites (tertiary alicyclic amines) is 1. The van der Waals surface area contributed by atoms with E-state index in [2.05, 4.69) is 12.2 Å². The number of hydrogen-bond acceptors (Lipinski definition) is 3. The van der Waals surface area contributed by atoms with E-state index < -0.39 is 12.0 Å². The van der Waals surface area contributed by atoms with Crippen molar-refractivity contribution in [2.24, 2.45) is 0 Å². The number of carboxylic acid groups (broad SMARTS) is 1. The molecule has 2 rings (SSSR count). The van der Waals surface area contributed by atoms with Crippen molar-refractivity contribution in [3.05, 3.63) is 35.9 Å². The molecule has 0 spiro atoms. The molecule has 0 bridgehead atoms. The molecule has 22 heavy (non-hydrogen) atoms. The Hall–Kier alpha value is -1.88. The molecule has 120 valence electrons. The minimum atomic E-state index is -0.835. The summed E-state index contributed by atoms with van der Waals surface area (Å²) in [5, 5.41) is 12.2. The smallest absolute Gasteiger partial charge is 0.320 e. The second-order valence-corrected chi connectivity index (χ2v) is 5.79. The van der Waals surface area contributed by atoms with Gasteiger partial charge in [0, 0.05) is 0 Å². The zero-order valence-electron chi connectivity index (χ0n) is 13.0. The zero-order chi connectivity index (χ0) is 15.9. The number of amides is 1. The molecule has 1 aliphatic heterocycles. The summed E-state index contributed by atoms with van der Waals surface area (Å²) < 4.78 is 0. The molecular weight excluding hydrogens is 280 g/mol. The lowest BCUT2D eigenvalue weighted by Crippen LogP contribution is -2.43. The minimum Gasteiger partial charge on any atom is -0.480 e. The van der Waals surface area contributed by atoms with Gasteiger partial charge in [0.25, 0.3) is 0 Å². The number of benzene rings is 1. The molecule has 0 aromatic heterocycles. The second kappa shape index (κ2) is 7.94. The number of carboxylic acids is 1. The molecule has 1 aromatic rings. The summed E-state index contributed by atoms with van der Waals surface area (Å²) in [6, 6.07) is 9.37. The Kier molecular flexibility index (Phi) is 5.95. The van der Waals surface area contributed by atoms with Gasteiger partial charge in [-0.15, -0.1) is 0 Å². The van der Waals surface area contributed by atoms with Crippen LogP contribution in [-0.4, -0.2) is 41.0 Å². The average Bonchev–Trinajstić information content (AvgIpc) is 2.96. The number of carbonyl (C=O) groups is 2. The summed E-state index contributed by atoms with van der Waals surface area (Å²) in [6.07, 6.45) is 3.31. The molecule has 1 aromatic carbocycles. The first kappa shape index (κ1) is 16.5. The van der Waals surface area contributed by atoms with Gasteiger partial charge in [-0.3, -0.25) is 14.5 Å². The van der Waals surface area contributed by atoms with Crippen molar-refractivity contribution >= 4 is 11.9 Å². The van der Waals surface area contributed by atoms with Crippen LogP contribution in [0.2, 0.25) is 0 Å². The van der Waals surface area contributed by atoms with Crippen molar-refractivity contribution in [1.82, 2.24) is 10.2 Å².